The number of rotatable bonds is 6. The van der Waals surface area contributed by atoms with Gasteiger partial charge in [-0.2, -0.15) is 4.31 Å². The van der Waals surface area contributed by atoms with E-state index >= 15 is 0 Å². The van der Waals surface area contributed by atoms with E-state index in [-0.39, 0.29) is 23.0 Å². The molecule has 0 radical (unpaired) electrons. The lowest BCUT2D eigenvalue weighted by atomic mass is 10.2. The molecule has 0 spiro atoms. The summed E-state index contributed by atoms with van der Waals surface area (Å²) in [6, 6.07) is 11.7. The van der Waals surface area contributed by atoms with Crippen molar-refractivity contribution in [3.63, 3.8) is 0 Å². The van der Waals surface area contributed by atoms with Gasteiger partial charge in [-0.3, -0.25) is 4.79 Å². The van der Waals surface area contributed by atoms with Crippen molar-refractivity contribution in [2.75, 3.05) is 31.6 Å². The second-order valence-electron chi connectivity index (χ2n) is 6.72. The molecule has 0 aliphatic carbocycles. The monoisotopic (exact) mass is 438 g/mol. The second-order valence-corrected chi connectivity index (χ2v) is 9.04. The Hall–Kier alpha value is -2.13. The fourth-order valence-corrected chi connectivity index (χ4v) is 4.73. The van der Waals surface area contributed by atoms with E-state index in [1.807, 2.05) is 19.1 Å². The van der Waals surface area contributed by atoms with Gasteiger partial charge < -0.3 is 14.8 Å². The number of morpholine rings is 1. The first kappa shape index (κ1) is 21.6. The van der Waals surface area contributed by atoms with Crippen LogP contribution in [0.4, 0.5) is 5.69 Å². The zero-order valence-electron chi connectivity index (χ0n) is 16.2. The van der Waals surface area contributed by atoms with Crippen LogP contribution >= 0.6 is 11.6 Å². The molecule has 1 saturated heterocycles. The molecule has 1 aliphatic rings. The van der Waals surface area contributed by atoms with Crippen molar-refractivity contribution >= 4 is 33.2 Å². The third-order valence-electron chi connectivity index (χ3n) is 4.49. The third kappa shape index (κ3) is 5.27. The van der Waals surface area contributed by atoms with Gasteiger partial charge >= 0.3 is 0 Å². The van der Waals surface area contributed by atoms with E-state index in [9.17, 15) is 13.2 Å². The molecule has 156 valence electrons. The summed E-state index contributed by atoms with van der Waals surface area (Å²) in [5.74, 6) is 0.174. The van der Waals surface area contributed by atoms with Crippen LogP contribution in [0.15, 0.2) is 47.4 Å². The summed E-state index contributed by atoms with van der Waals surface area (Å²) in [6.07, 6.45) is -0.771. The average molecular weight is 439 g/mol. The molecule has 2 aromatic rings. The quantitative estimate of drug-likeness (QED) is 0.749. The molecule has 1 aliphatic heterocycles. The highest BCUT2D eigenvalue weighted by molar-refractivity contribution is 7.89. The molecule has 1 heterocycles. The van der Waals surface area contributed by atoms with Gasteiger partial charge in [0.15, 0.2) is 6.10 Å². The van der Waals surface area contributed by atoms with E-state index in [1.165, 1.54) is 16.4 Å². The topological polar surface area (TPSA) is 84.9 Å². The molecule has 0 saturated carbocycles. The number of carbonyl (C=O) groups is 1. The van der Waals surface area contributed by atoms with E-state index in [1.54, 1.807) is 25.1 Å². The minimum atomic E-state index is -3.79. The molecule has 0 aromatic heterocycles. The van der Waals surface area contributed by atoms with Crippen molar-refractivity contribution in [3.8, 4) is 5.75 Å². The van der Waals surface area contributed by atoms with Crippen LogP contribution in [0.3, 0.4) is 0 Å². The Bertz CT molecular complexity index is 973. The lowest BCUT2D eigenvalue weighted by Crippen LogP contribution is -2.40. The third-order valence-corrected chi connectivity index (χ3v) is 6.87. The molecule has 9 heteroatoms. The molecule has 1 fully saturated rings. The maximum absolute atomic E-state index is 12.9. The summed E-state index contributed by atoms with van der Waals surface area (Å²) in [7, 11) is -3.79. The number of aryl methyl sites for hydroxylation is 1. The van der Waals surface area contributed by atoms with Crippen molar-refractivity contribution in [1.82, 2.24) is 4.31 Å². The second kappa shape index (κ2) is 9.13. The number of hydrogen-bond acceptors (Lipinski definition) is 5. The van der Waals surface area contributed by atoms with E-state index in [0.29, 0.717) is 24.7 Å². The van der Waals surface area contributed by atoms with E-state index in [4.69, 9.17) is 21.1 Å². The average Bonchev–Trinajstić information content (AvgIpc) is 2.71. The molecule has 2 aromatic carbocycles. The number of anilines is 1. The van der Waals surface area contributed by atoms with Crippen LogP contribution in [-0.2, 0) is 19.6 Å². The molecular formula is C20H23ClN2O5S. The van der Waals surface area contributed by atoms with E-state index in [2.05, 4.69) is 5.32 Å². The predicted octanol–water partition coefficient (Wildman–Crippen LogP) is 3.08. The Morgan fingerprint density at radius 1 is 1.17 bits per heavy atom. The lowest BCUT2D eigenvalue weighted by Gasteiger charge is -2.26. The number of benzene rings is 2. The smallest absolute Gasteiger partial charge is 0.265 e. The van der Waals surface area contributed by atoms with Crippen LogP contribution in [0, 0.1) is 6.92 Å². The van der Waals surface area contributed by atoms with Gasteiger partial charge in [-0.15, -0.1) is 0 Å². The number of sulfonamides is 1. The summed E-state index contributed by atoms with van der Waals surface area (Å²) in [6.45, 7) is 4.77. The van der Waals surface area contributed by atoms with Crippen molar-refractivity contribution in [3.05, 3.63) is 53.1 Å². The summed E-state index contributed by atoms with van der Waals surface area (Å²) in [5, 5.41) is 2.78. The number of hydrogen-bond donors (Lipinski definition) is 1. The van der Waals surface area contributed by atoms with Gasteiger partial charge in [-0.25, -0.2) is 8.42 Å². The van der Waals surface area contributed by atoms with Crippen molar-refractivity contribution in [1.29, 1.82) is 0 Å². The number of nitrogens with zero attached hydrogens (tertiary/aromatic N) is 1. The van der Waals surface area contributed by atoms with Gasteiger partial charge in [0, 0.05) is 18.8 Å². The highest BCUT2D eigenvalue weighted by Crippen LogP contribution is 2.28. The SMILES string of the molecule is Cc1ccc(OC(C)C(=O)Nc2ccc(Cl)c(S(=O)(=O)N3CCOCC3)c2)cc1. The van der Waals surface area contributed by atoms with Gasteiger partial charge in [0.1, 0.15) is 10.6 Å². The van der Waals surface area contributed by atoms with Crippen molar-refractivity contribution in [2.24, 2.45) is 0 Å². The van der Waals surface area contributed by atoms with E-state index in [0.717, 1.165) is 5.56 Å². The maximum atomic E-state index is 12.9. The maximum Gasteiger partial charge on any atom is 0.265 e. The zero-order valence-corrected chi connectivity index (χ0v) is 17.8. The number of carbonyl (C=O) groups excluding carboxylic acids is 1. The van der Waals surface area contributed by atoms with Crippen LogP contribution in [0.1, 0.15) is 12.5 Å². The van der Waals surface area contributed by atoms with E-state index < -0.39 is 22.0 Å². The standard InChI is InChI=1S/C20H23ClN2O5S/c1-14-3-6-17(7-4-14)28-15(2)20(24)22-16-5-8-18(21)19(13-16)29(25,26)23-9-11-27-12-10-23/h3-8,13,15H,9-12H2,1-2H3,(H,22,24). The molecule has 1 atom stereocenters. The minimum absolute atomic E-state index is 0.0500. The van der Waals surface area contributed by atoms with Crippen molar-refractivity contribution in [2.45, 2.75) is 24.8 Å². The summed E-state index contributed by atoms with van der Waals surface area (Å²) < 4.78 is 38.0. The first-order valence-corrected chi connectivity index (χ1v) is 11.0. The first-order valence-electron chi connectivity index (χ1n) is 9.19. The number of ether oxygens (including phenoxy) is 2. The molecule has 0 bridgehead atoms. The molecule has 7 nitrogen and oxygen atoms in total. The highest BCUT2D eigenvalue weighted by atomic mass is 35.5. The molecule has 1 amide bonds. The zero-order chi connectivity index (χ0) is 21.0. The summed E-state index contributed by atoms with van der Waals surface area (Å²) in [5.41, 5.74) is 1.41. The Morgan fingerprint density at radius 3 is 2.48 bits per heavy atom. The Morgan fingerprint density at radius 2 is 1.83 bits per heavy atom. The first-order chi connectivity index (χ1) is 13.8. The fraction of sp³-hybridized carbons (Fsp3) is 0.350. The van der Waals surface area contributed by atoms with Gasteiger partial charge in [0.25, 0.3) is 5.91 Å². The van der Waals surface area contributed by atoms with Gasteiger partial charge in [0.05, 0.1) is 18.2 Å². The number of amides is 1. The van der Waals surface area contributed by atoms with Gasteiger partial charge in [0.2, 0.25) is 10.0 Å². The number of halogens is 1. The molecule has 1 unspecified atom stereocenters. The predicted molar refractivity (Wildman–Crippen MR) is 111 cm³/mol. The van der Waals surface area contributed by atoms with Crippen LogP contribution < -0.4 is 10.1 Å². The van der Waals surface area contributed by atoms with Crippen LogP contribution in [0.2, 0.25) is 5.02 Å². The van der Waals surface area contributed by atoms with Crippen LogP contribution in [-0.4, -0.2) is 51.0 Å². The molecule has 29 heavy (non-hydrogen) atoms. The Labute approximate surface area is 175 Å². The summed E-state index contributed by atoms with van der Waals surface area (Å²) in [4.78, 5) is 12.4. The lowest BCUT2D eigenvalue weighted by molar-refractivity contribution is -0.122. The van der Waals surface area contributed by atoms with Crippen LogP contribution in [0.5, 0.6) is 5.75 Å². The number of nitrogens with one attached hydrogen (secondary N) is 1. The van der Waals surface area contributed by atoms with Crippen molar-refractivity contribution < 1.29 is 22.7 Å². The molecule has 1 N–H and O–H groups in total. The summed E-state index contributed by atoms with van der Waals surface area (Å²) >= 11 is 6.14. The molecule has 3 rings (SSSR count). The Balaban J connectivity index is 1.73. The van der Waals surface area contributed by atoms with Gasteiger partial charge in [-0.1, -0.05) is 29.3 Å². The fourth-order valence-electron chi connectivity index (χ4n) is 2.82. The largest absolute Gasteiger partial charge is 0.481 e. The van der Waals surface area contributed by atoms with Crippen LogP contribution in [0.25, 0.3) is 0 Å². The molecular weight excluding hydrogens is 416 g/mol. The highest BCUT2D eigenvalue weighted by Gasteiger charge is 2.29. The normalized spacial score (nSPS) is 16.2. The Kier molecular flexibility index (Phi) is 6.79. The van der Waals surface area contributed by atoms with Gasteiger partial charge in [-0.05, 0) is 44.2 Å². The minimum Gasteiger partial charge on any atom is -0.481 e.